The van der Waals surface area contributed by atoms with E-state index in [9.17, 15) is 0 Å². The normalized spacial score (nSPS) is 24.5. The third-order valence-electron chi connectivity index (χ3n) is 2.05. The van der Waals surface area contributed by atoms with Gasteiger partial charge in [-0.05, 0) is 20.9 Å². The number of rotatable bonds is 0. The molecule has 1 heterocycles. The van der Waals surface area contributed by atoms with Crippen LogP contribution in [0.15, 0.2) is 0 Å². The van der Waals surface area contributed by atoms with Crippen LogP contribution in [0.3, 0.4) is 0 Å². The second-order valence-electron chi connectivity index (χ2n) is 3.67. The number of likely N-dealkylation sites (N-methyl/N-ethyl adjacent to an activating group) is 1. The molecule has 1 aliphatic heterocycles. The minimum atomic E-state index is 0.232. The van der Waals surface area contributed by atoms with Gasteiger partial charge in [0.05, 0.1) is 0 Å². The van der Waals surface area contributed by atoms with Crippen LogP contribution in [-0.2, 0) is 0 Å². The van der Waals surface area contributed by atoms with Crippen LogP contribution in [0.4, 0.5) is 0 Å². The second-order valence-corrected chi connectivity index (χ2v) is 4.16. The van der Waals surface area contributed by atoms with E-state index in [1.165, 1.54) is 0 Å². The summed E-state index contributed by atoms with van der Waals surface area (Å²) < 4.78 is 2.12. The molecule has 0 aromatic rings. The average molecular weight is 190 g/mol. The molecular formula is C9H22N2S. The number of hydrogen-bond acceptors (Lipinski definition) is 3. The molecule has 0 aromatic carbocycles. The van der Waals surface area contributed by atoms with Crippen molar-refractivity contribution in [1.82, 2.24) is 9.21 Å². The van der Waals surface area contributed by atoms with Crippen LogP contribution in [0.2, 0.25) is 0 Å². The Hall–Kier alpha value is 0.270. The summed E-state index contributed by atoms with van der Waals surface area (Å²) in [6, 6.07) is 0. The minimum Gasteiger partial charge on any atom is -0.303 e. The molecule has 0 radical (unpaired) electrons. The molecule has 12 heavy (non-hydrogen) atoms. The maximum atomic E-state index is 4.39. The highest BCUT2D eigenvalue weighted by molar-refractivity contribution is 7.77. The second kappa shape index (κ2) is 5.10. The molecule has 1 saturated heterocycles. The first-order valence-corrected chi connectivity index (χ1v) is 5.07. The van der Waals surface area contributed by atoms with Crippen LogP contribution in [0.5, 0.6) is 0 Å². The highest BCUT2D eigenvalue weighted by atomic mass is 32.1. The summed E-state index contributed by atoms with van der Waals surface area (Å²) in [7, 11) is 2.16. The molecular weight excluding hydrogens is 168 g/mol. The zero-order chi connectivity index (χ0) is 9.78. The lowest BCUT2D eigenvalue weighted by molar-refractivity contribution is 0.111. The smallest absolute Gasteiger partial charge is 0.0382 e. The standard InChI is InChI=1S/C7H16N2S.C2H6/c1-7(2)6-8(3)4-5-9(7)10;1-2/h10H,4-6H2,1-3H3;1-2H3. The Kier molecular flexibility index (Phi) is 5.21. The maximum absolute atomic E-state index is 4.39. The first-order valence-electron chi connectivity index (χ1n) is 4.67. The Morgan fingerprint density at radius 3 is 2.00 bits per heavy atom. The predicted octanol–water partition coefficient (Wildman–Crippen LogP) is 1.88. The Morgan fingerprint density at radius 1 is 1.17 bits per heavy atom. The molecule has 0 aromatic heterocycles. The molecule has 74 valence electrons. The monoisotopic (exact) mass is 190 g/mol. The zero-order valence-electron chi connectivity index (χ0n) is 8.96. The lowest BCUT2D eigenvalue weighted by Crippen LogP contribution is -2.54. The van der Waals surface area contributed by atoms with E-state index >= 15 is 0 Å². The average Bonchev–Trinajstić information content (AvgIpc) is 2.01. The van der Waals surface area contributed by atoms with Crippen LogP contribution in [-0.4, -0.2) is 41.4 Å². The van der Waals surface area contributed by atoms with Crippen molar-refractivity contribution in [3.63, 3.8) is 0 Å². The van der Waals surface area contributed by atoms with E-state index in [0.717, 1.165) is 19.6 Å². The number of piperazine rings is 1. The van der Waals surface area contributed by atoms with E-state index in [-0.39, 0.29) is 5.54 Å². The van der Waals surface area contributed by atoms with Gasteiger partial charge in [0.1, 0.15) is 0 Å². The summed E-state index contributed by atoms with van der Waals surface area (Å²) in [5.41, 5.74) is 0.232. The van der Waals surface area contributed by atoms with Gasteiger partial charge in [-0.3, -0.25) is 0 Å². The molecule has 1 rings (SSSR count). The number of hydrogen-bond donors (Lipinski definition) is 1. The van der Waals surface area contributed by atoms with E-state index in [1.807, 2.05) is 13.8 Å². The molecule has 0 bridgehead atoms. The fraction of sp³-hybridized carbons (Fsp3) is 1.00. The predicted molar refractivity (Wildman–Crippen MR) is 58.6 cm³/mol. The highest BCUT2D eigenvalue weighted by Crippen LogP contribution is 2.20. The molecule has 0 unspecified atom stereocenters. The van der Waals surface area contributed by atoms with Crippen molar-refractivity contribution in [2.75, 3.05) is 26.7 Å². The van der Waals surface area contributed by atoms with Gasteiger partial charge in [0.2, 0.25) is 0 Å². The minimum absolute atomic E-state index is 0.232. The summed E-state index contributed by atoms with van der Waals surface area (Å²) >= 11 is 4.39. The molecule has 2 nitrogen and oxygen atoms in total. The fourth-order valence-corrected chi connectivity index (χ4v) is 1.54. The van der Waals surface area contributed by atoms with Gasteiger partial charge in [0.25, 0.3) is 0 Å². The third-order valence-corrected chi connectivity index (χ3v) is 2.79. The SMILES string of the molecule is CC.CN1CCN(S)C(C)(C)C1. The van der Waals surface area contributed by atoms with Crippen LogP contribution < -0.4 is 0 Å². The van der Waals surface area contributed by atoms with Gasteiger partial charge in [-0.25, -0.2) is 4.31 Å². The summed E-state index contributed by atoms with van der Waals surface area (Å²) in [6.07, 6.45) is 0. The summed E-state index contributed by atoms with van der Waals surface area (Å²) in [5, 5.41) is 0. The Morgan fingerprint density at radius 2 is 1.67 bits per heavy atom. The topological polar surface area (TPSA) is 6.48 Å². The molecule has 1 fully saturated rings. The van der Waals surface area contributed by atoms with Crippen molar-refractivity contribution < 1.29 is 0 Å². The van der Waals surface area contributed by atoms with Crippen LogP contribution in [0.25, 0.3) is 0 Å². The molecule has 1 aliphatic rings. The number of nitrogens with zero attached hydrogens (tertiary/aromatic N) is 2. The van der Waals surface area contributed by atoms with Crippen molar-refractivity contribution in [1.29, 1.82) is 0 Å². The lowest BCUT2D eigenvalue weighted by Gasteiger charge is -2.42. The van der Waals surface area contributed by atoms with Crippen molar-refractivity contribution >= 4 is 12.8 Å². The molecule has 0 N–H and O–H groups in total. The molecule has 0 amide bonds. The first kappa shape index (κ1) is 12.3. The van der Waals surface area contributed by atoms with Crippen molar-refractivity contribution in [3.8, 4) is 0 Å². The van der Waals surface area contributed by atoms with E-state index in [2.05, 4.69) is 42.9 Å². The first-order chi connectivity index (χ1) is 5.52. The van der Waals surface area contributed by atoms with E-state index in [4.69, 9.17) is 0 Å². The van der Waals surface area contributed by atoms with Gasteiger partial charge in [-0.15, -0.1) is 0 Å². The van der Waals surface area contributed by atoms with Gasteiger partial charge in [-0.1, -0.05) is 26.7 Å². The molecule has 3 heteroatoms. The number of thiol groups is 1. The van der Waals surface area contributed by atoms with Gasteiger partial charge >= 0.3 is 0 Å². The Labute approximate surface area is 82.5 Å². The molecule has 0 aliphatic carbocycles. The molecule has 0 saturated carbocycles. The van der Waals surface area contributed by atoms with Crippen LogP contribution >= 0.6 is 12.8 Å². The van der Waals surface area contributed by atoms with E-state index in [1.54, 1.807) is 0 Å². The lowest BCUT2D eigenvalue weighted by atomic mass is 10.0. The summed E-state index contributed by atoms with van der Waals surface area (Å²) in [6.45, 7) is 11.7. The largest absolute Gasteiger partial charge is 0.303 e. The zero-order valence-corrected chi connectivity index (χ0v) is 9.86. The van der Waals surface area contributed by atoms with Gasteiger partial charge in [0, 0.05) is 25.2 Å². The Bertz CT molecular complexity index is 126. The van der Waals surface area contributed by atoms with Gasteiger partial charge < -0.3 is 4.90 Å². The van der Waals surface area contributed by atoms with Crippen LogP contribution in [0.1, 0.15) is 27.7 Å². The maximum Gasteiger partial charge on any atom is 0.0382 e. The van der Waals surface area contributed by atoms with Gasteiger partial charge in [-0.2, -0.15) is 0 Å². The van der Waals surface area contributed by atoms with E-state index in [0.29, 0.717) is 0 Å². The molecule has 0 atom stereocenters. The third kappa shape index (κ3) is 3.33. The van der Waals surface area contributed by atoms with Crippen LogP contribution in [0, 0.1) is 0 Å². The quantitative estimate of drug-likeness (QED) is 0.583. The summed E-state index contributed by atoms with van der Waals surface area (Å²) in [5.74, 6) is 0. The molecule has 0 spiro atoms. The van der Waals surface area contributed by atoms with Gasteiger partial charge in [0.15, 0.2) is 0 Å². The van der Waals surface area contributed by atoms with Crippen molar-refractivity contribution in [3.05, 3.63) is 0 Å². The van der Waals surface area contributed by atoms with Crippen molar-refractivity contribution in [2.24, 2.45) is 0 Å². The highest BCUT2D eigenvalue weighted by Gasteiger charge is 2.29. The summed E-state index contributed by atoms with van der Waals surface area (Å²) in [4.78, 5) is 2.34. The van der Waals surface area contributed by atoms with Crippen molar-refractivity contribution in [2.45, 2.75) is 33.2 Å². The van der Waals surface area contributed by atoms with E-state index < -0.39 is 0 Å². The Balaban J connectivity index is 0.000000561. The fourth-order valence-electron chi connectivity index (χ4n) is 1.39.